The summed E-state index contributed by atoms with van der Waals surface area (Å²) in [5, 5.41) is 6.43. The second-order valence-corrected chi connectivity index (χ2v) is 8.11. The van der Waals surface area contributed by atoms with Gasteiger partial charge in [-0.15, -0.1) is 0 Å². The quantitative estimate of drug-likeness (QED) is 0.275. The van der Waals surface area contributed by atoms with E-state index in [0.29, 0.717) is 11.1 Å². The third-order valence-corrected chi connectivity index (χ3v) is 5.41. The molecule has 0 aliphatic carbocycles. The van der Waals surface area contributed by atoms with Gasteiger partial charge in [-0.1, -0.05) is 60.2 Å². The average molecular weight is 465 g/mol. The number of nitrogens with one attached hydrogen (secondary N) is 2. The zero-order valence-corrected chi connectivity index (χ0v) is 20.5. The first-order valence-corrected chi connectivity index (χ1v) is 11.9. The predicted octanol–water partition coefficient (Wildman–Crippen LogP) is 7.01. The maximum absolute atomic E-state index is 12.3. The minimum Gasteiger partial charge on any atom is -0.385 e. The fourth-order valence-electron chi connectivity index (χ4n) is 3.51. The van der Waals surface area contributed by atoms with Gasteiger partial charge in [0, 0.05) is 46.7 Å². The van der Waals surface area contributed by atoms with Gasteiger partial charge in [-0.2, -0.15) is 0 Å². The number of anilines is 2. The van der Waals surface area contributed by atoms with Gasteiger partial charge in [0.2, 0.25) is 0 Å². The van der Waals surface area contributed by atoms with E-state index in [2.05, 4.69) is 10.6 Å². The second kappa shape index (κ2) is 12.9. The topological polar surface area (TPSA) is 58.2 Å². The Hall–Kier alpha value is -4.18. The molecule has 4 aromatic rings. The highest BCUT2D eigenvalue weighted by atomic mass is 16.1. The molecule has 0 unspecified atom stereocenters. The number of aryl methyl sites for hydroxylation is 1. The van der Waals surface area contributed by atoms with Crippen molar-refractivity contribution < 1.29 is 9.59 Å². The molecule has 2 N–H and O–H groups in total. The van der Waals surface area contributed by atoms with E-state index in [9.17, 15) is 9.59 Å². The first-order chi connectivity index (χ1) is 17.0. The summed E-state index contributed by atoms with van der Waals surface area (Å²) in [4.78, 5) is 24.3. The van der Waals surface area contributed by atoms with Crippen LogP contribution in [0.5, 0.6) is 0 Å². The Kier molecular flexibility index (Phi) is 9.38. The molecule has 0 saturated carbocycles. The van der Waals surface area contributed by atoms with Crippen LogP contribution in [0.3, 0.4) is 0 Å². The van der Waals surface area contributed by atoms with Crippen LogP contribution in [-0.2, 0) is 0 Å². The van der Waals surface area contributed by atoms with Crippen molar-refractivity contribution in [3.05, 3.63) is 131 Å². The van der Waals surface area contributed by atoms with Crippen LogP contribution in [0.4, 0.5) is 11.4 Å². The van der Waals surface area contributed by atoms with E-state index in [4.69, 9.17) is 0 Å². The van der Waals surface area contributed by atoms with E-state index in [1.165, 1.54) is 5.56 Å². The molecule has 0 aliphatic heterocycles. The Labute approximate surface area is 208 Å². The van der Waals surface area contributed by atoms with Crippen molar-refractivity contribution in [3.8, 4) is 0 Å². The minimum atomic E-state index is 0.0519. The van der Waals surface area contributed by atoms with E-state index < -0.39 is 0 Å². The summed E-state index contributed by atoms with van der Waals surface area (Å²) < 4.78 is 0. The minimum absolute atomic E-state index is 0.0519. The highest BCUT2D eigenvalue weighted by Crippen LogP contribution is 2.16. The van der Waals surface area contributed by atoms with E-state index in [1.807, 2.05) is 124 Å². The van der Waals surface area contributed by atoms with Crippen LogP contribution in [-0.4, -0.2) is 24.7 Å². The van der Waals surface area contributed by atoms with E-state index in [-0.39, 0.29) is 11.6 Å². The average Bonchev–Trinajstić information content (AvgIpc) is 2.90. The Balaban J connectivity index is 0.000000203. The van der Waals surface area contributed by atoms with Crippen molar-refractivity contribution in [2.24, 2.45) is 0 Å². The van der Waals surface area contributed by atoms with Gasteiger partial charge in [-0.3, -0.25) is 9.59 Å². The van der Waals surface area contributed by atoms with Crippen LogP contribution in [0.25, 0.3) is 0 Å². The summed E-state index contributed by atoms with van der Waals surface area (Å²) in [5.74, 6) is 0.131. The fourth-order valence-corrected chi connectivity index (χ4v) is 3.51. The van der Waals surface area contributed by atoms with Crippen LogP contribution in [0.2, 0.25) is 0 Å². The van der Waals surface area contributed by atoms with Crippen LogP contribution in [0.15, 0.2) is 103 Å². The van der Waals surface area contributed by atoms with E-state index in [0.717, 1.165) is 35.6 Å². The van der Waals surface area contributed by atoms with Crippen LogP contribution in [0, 0.1) is 6.92 Å². The van der Waals surface area contributed by atoms with E-state index >= 15 is 0 Å². The summed E-state index contributed by atoms with van der Waals surface area (Å²) in [6, 6.07) is 32.1. The summed E-state index contributed by atoms with van der Waals surface area (Å²) in [5.41, 5.74) is 6.14. The molecular weight excluding hydrogens is 432 g/mol. The monoisotopic (exact) mass is 464 g/mol. The summed E-state index contributed by atoms with van der Waals surface area (Å²) >= 11 is 0. The molecule has 0 aliphatic rings. The van der Waals surface area contributed by atoms with Gasteiger partial charge in [0.05, 0.1) is 0 Å². The summed E-state index contributed by atoms with van der Waals surface area (Å²) in [7, 11) is 0. The van der Waals surface area contributed by atoms with Crippen molar-refractivity contribution in [3.63, 3.8) is 0 Å². The molecule has 0 heterocycles. The highest BCUT2D eigenvalue weighted by Gasteiger charge is 2.09. The Morgan fingerprint density at radius 1 is 0.514 bits per heavy atom. The molecule has 4 aromatic carbocycles. The van der Waals surface area contributed by atoms with Gasteiger partial charge >= 0.3 is 0 Å². The van der Waals surface area contributed by atoms with Crippen molar-refractivity contribution in [2.75, 3.05) is 23.7 Å². The lowest BCUT2D eigenvalue weighted by molar-refractivity contribution is 0.103. The normalized spacial score (nSPS) is 10.0. The third kappa shape index (κ3) is 7.41. The predicted molar refractivity (Wildman–Crippen MR) is 146 cm³/mol. The molecule has 35 heavy (non-hydrogen) atoms. The second-order valence-electron chi connectivity index (χ2n) is 8.11. The van der Waals surface area contributed by atoms with Crippen molar-refractivity contribution in [2.45, 2.75) is 20.8 Å². The first-order valence-electron chi connectivity index (χ1n) is 11.9. The SMILES string of the molecule is CCNc1ccc(C(=O)c2ccc(NCC)cc2)cc1.Cc1ccc(C(=O)c2ccccc2)cc1. The molecule has 4 rings (SSSR count). The van der Waals surface area contributed by atoms with Crippen LogP contribution in [0.1, 0.15) is 51.3 Å². The Bertz CT molecular complexity index is 1160. The zero-order chi connectivity index (χ0) is 25.0. The molecule has 0 amide bonds. The number of rotatable bonds is 8. The van der Waals surface area contributed by atoms with Crippen molar-refractivity contribution >= 4 is 22.9 Å². The molecule has 0 saturated heterocycles. The molecule has 0 fully saturated rings. The molecule has 4 heteroatoms. The van der Waals surface area contributed by atoms with Gasteiger partial charge in [0.25, 0.3) is 0 Å². The first kappa shape index (κ1) is 25.4. The van der Waals surface area contributed by atoms with E-state index in [1.54, 1.807) is 0 Å². The third-order valence-electron chi connectivity index (χ3n) is 5.41. The molecule has 0 radical (unpaired) electrons. The maximum Gasteiger partial charge on any atom is 0.193 e. The van der Waals surface area contributed by atoms with Gasteiger partial charge in [0.1, 0.15) is 0 Å². The molecule has 0 spiro atoms. The molecule has 4 nitrogen and oxygen atoms in total. The van der Waals surface area contributed by atoms with Gasteiger partial charge in [-0.25, -0.2) is 0 Å². The van der Waals surface area contributed by atoms with Crippen LogP contribution < -0.4 is 10.6 Å². The number of benzene rings is 4. The summed E-state index contributed by atoms with van der Waals surface area (Å²) in [6.07, 6.45) is 0. The molecule has 0 bridgehead atoms. The molecule has 0 aromatic heterocycles. The smallest absolute Gasteiger partial charge is 0.193 e. The van der Waals surface area contributed by atoms with Crippen LogP contribution >= 0.6 is 0 Å². The number of hydrogen-bond donors (Lipinski definition) is 2. The molecule has 178 valence electrons. The maximum atomic E-state index is 12.3. The fraction of sp³-hybridized carbons (Fsp3) is 0.161. The van der Waals surface area contributed by atoms with Crippen molar-refractivity contribution in [1.29, 1.82) is 0 Å². The number of carbonyl (C=O) groups is 2. The Morgan fingerprint density at radius 2 is 0.857 bits per heavy atom. The number of ketones is 2. The van der Waals surface area contributed by atoms with Gasteiger partial charge in [0.15, 0.2) is 11.6 Å². The Morgan fingerprint density at radius 3 is 1.23 bits per heavy atom. The largest absolute Gasteiger partial charge is 0.385 e. The van der Waals surface area contributed by atoms with Crippen molar-refractivity contribution in [1.82, 2.24) is 0 Å². The lowest BCUT2D eigenvalue weighted by Gasteiger charge is -2.06. The van der Waals surface area contributed by atoms with Gasteiger partial charge < -0.3 is 10.6 Å². The zero-order valence-electron chi connectivity index (χ0n) is 20.5. The standard InChI is InChI=1S/C17H20N2O.C14H12O/c1-3-18-15-9-5-13(6-10-15)17(20)14-7-11-16(12-8-14)19-4-2;1-11-7-9-13(10-8-11)14(15)12-5-3-2-4-6-12/h5-12,18-19H,3-4H2,1-2H3;2-10H,1H3. The number of carbonyl (C=O) groups excluding carboxylic acids is 2. The lowest BCUT2D eigenvalue weighted by Crippen LogP contribution is -2.03. The lowest BCUT2D eigenvalue weighted by atomic mass is 10.0. The van der Waals surface area contributed by atoms with Gasteiger partial charge in [-0.05, 0) is 69.3 Å². The molecule has 0 atom stereocenters. The molecular formula is C31H32N2O2. The number of hydrogen-bond acceptors (Lipinski definition) is 4. The summed E-state index contributed by atoms with van der Waals surface area (Å²) in [6.45, 7) is 7.85. The highest BCUT2D eigenvalue weighted by molar-refractivity contribution is 6.09.